The number of pyridine rings is 1. The van der Waals surface area contributed by atoms with Crippen LogP contribution < -0.4 is 5.73 Å². The van der Waals surface area contributed by atoms with Crippen LogP contribution in [-0.4, -0.2) is 26.5 Å². The largest absolute Gasteiger partial charge is 0.369 e. The molecule has 92 valence electrons. The minimum Gasteiger partial charge on any atom is -0.369 e. The second-order valence-electron chi connectivity index (χ2n) is 4.12. The van der Waals surface area contributed by atoms with Crippen LogP contribution >= 0.6 is 11.8 Å². The predicted octanol–water partition coefficient (Wildman–Crippen LogP) is 2.47. The van der Waals surface area contributed by atoms with Crippen molar-refractivity contribution < 1.29 is 0 Å². The highest BCUT2D eigenvalue weighted by atomic mass is 32.2. The molecular weight excluding hydrogens is 232 g/mol. The van der Waals surface area contributed by atoms with Gasteiger partial charge in [0.25, 0.3) is 0 Å². The van der Waals surface area contributed by atoms with Crippen LogP contribution in [0.2, 0.25) is 0 Å². The highest BCUT2D eigenvalue weighted by Gasteiger charge is 2.08. The minimum atomic E-state index is 0.572. The van der Waals surface area contributed by atoms with Gasteiger partial charge in [-0.15, -0.1) is 0 Å². The number of hydrogen-bond donors (Lipinski definition) is 1. The van der Waals surface area contributed by atoms with Gasteiger partial charge in [-0.05, 0) is 43.9 Å². The average molecular weight is 250 g/mol. The molecule has 0 radical (unpaired) electrons. The van der Waals surface area contributed by atoms with Crippen molar-refractivity contribution in [3.63, 3.8) is 0 Å². The molecule has 4 nitrogen and oxygen atoms in total. The molecule has 0 aliphatic heterocycles. The van der Waals surface area contributed by atoms with Crippen LogP contribution in [0.4, 0.5) is 5.95 Å². The second-order valence-corrected chi connectivity index (χ2v) is 5.10. The summed E-state index contributed by atoms with van der Waals surface area (Å²) >= 11 is 1.88. The first-order chi connectivity index (χ1) is 8.22. The number of hydrogen-bond acceptors (Lipinski definition) is 4. The van der Waals surface area contributed by atoms with Gasteiger partial charge >= 0.3 is 0 Å². The zero-order valence-corrected chi connectivity index (χ0v) is 11.1. The monoisotopic (exact) mass is 250 g/mol. The third kappa shape index (κ3) is 2.72. The fraction of sp³-hybridized carbons (Fsp3) is 0.500. The Balaban J connectivity index is 2.20. The maximum Gasteiger partial charge on any atom is 0.202 e. The van der Waals surface area contributed by atoms with Crippen molar-refractivity contribution >= 4 is 28.9 Å². The summed E-state index contributed by atoms with van der Waals surface area (Å²) in [4.78, 5) is 8.84. The maximum atomic E-state index is 5.92. The fourth-order valence-electron chi connectivity index (χ4n) is 1.85. The molecule has 0 atom stereocenters. The van der Waals surface area contributed by atoms with Crippen molar-refractivity contribution in [2.24, 2.45) is 0 Å². The Labute approximate surface area is 106 Å². The van der Waals surface area contributed by atoms with E-state index in [9.17, 15) is 0 Å². The Hall–Kier alpha value is -1.23. The van der Waals surface area contributed by atoms with E-state index in [-0.39, 0.29) is 0 Å². The fourth-order valence-corrected chi connectivity index (χ4v) is 2.34. The van der Waals surface area contributed by atoms with E-state index in [2.05, 4.69) is 16.2 Å². The maximum absolute atomic E-state index is 5.92. The molecule has 0 saturated carbocycles. The molecule has 2 rings (SSSR count). The summed E-state index contributed by atoms with van der Waals surface area (Å²) in [6, 6.07) is 3.94. The molecule has 2 aromatic heterocycles. The van der Waals surface area contributed by atoms with Crippen molar-refractivity contribution in [3.05, 3.63) is 17.8 Å². The van der Waals surface area contributed by atoms with Crippen LogP contribution in [0.1, 0.15) is 18.5 Å². The Bertz CT molecular complexity index is 506. The summed E-state index contributed by atoms with van der Waals surface area (Å²) in [5.41, 5.74) is 8.72. The van der Waals surface area contributed by atoms with Crippen molar-refractivity contribution in [1.82, 2.24) is 14.5 Å². The molecule has 0 aliphatic carbocycles. The Morgan fingerprint density at radius 2 is 2.12 bits per heavy atom. The highest BCUT2D eigenvalue weighted by molar-refractivity contribution is 7.98. The third-order valence-corrected chi connectivity index (χ3v) is 3.44. The SMILES string of the molecule is CSCCCCn1c(N)nc2ccc(C)nc21. The highest BCUT2D eigenvalue weighted by Crippen LogP contribution is 2.17. The predicted molar refractivity (Wildman–Crippen MR) is 74.3 cm³/mol. The summed E-state index contributed by atoms with van der Waals surface area (Å²) in [5, 5.41) is 0. The Morgan fingerprint density at radius 3 is 2.88 bits per heavy atom. The summed E-state index contributed by atoms with van der Waals surface area (Å²) in [7, 11) is 0. The Kier molecular flexibility index (Phi) is 3.89. The Morgan fingerprint density at radius 1 is 1.29 bits per heavy atom. The van der Waals surface area contributed by atoms with E-state index < -0.39 is 0 Å². The van der Waals surface area contributed by atoms with E-state index >= 15 is 0 Å². The van der Waals surface area contributed by atoms with Gasteiger partial charge in [0.05, 0.1) is 0 Å². The summed E-state index contributed by atoms with van der Waals surface area (Å²) in [5.74, 6) is 1.76. The van der Waals surface area contributed by atoms with Crippen LogP contribution in [0, 0.1) is 6.92 Å². The molecule has 0 unspecified atom stereocenters. The van der Waals surface area contributed by atoms with E-state index in [1.807, 2.05) is 35.4 Å². The lowest BCUT2D eigenvalue weighted by Crippen LogP contribution is -2.04. The molecule has 0 aromatic carbocycles. The quantitative estimate of drug-likeness (QED) is 0.828. The van der Waals surface area contributed by atoms with E-state index in [1.54, 1.807) is 0 Å². The first-order valence-electron chi connectivity index (χ1n) is 5.80. The molecular formula is C12H18N4S. The van der Waals surface area contributed by atoms with Gasteiger partial charge in [0.2, 0.25) is 5.95 Å². The molecule has 17 heavy (non-hydrogen) atoms. The molecule has 0 bridgehead atoms. The first-order valence-corrected chi connectivity index (χ1v) is 7.20. The average Bonchev–Trinajstić information content (AvgIpc) is 2.61. The lowest BCUT2D eigenvalue weighted by Gasteiger charge is -2.05. The molecule has 0 saturated heterocycles. The van der Waals surface area contributed by atoms with Crippen LogP contribution in [0.15, 0.2) is 12.1 Å². The van der Waals surface area contributed by atoms with Crippen molar-refractivity contribution in [2.45, 2.75) is 26.3 Å². The molecule has 2 heterocycles. The van der Waals surface area contributed by atoms with Gasteiger partial charge in [0.15, 0.2) is 5.65 Å². The van der Waals surface area contributed by atoms with E-state index in [0.29, 0.717) is 5.95 Å². The topological polar surface area (TPSA) is 56.7 Å². The number of rotatable bonds is 5. The van der Waals surface area contributed by atoms with Crippen molar-refractivity contribution in [2.75, 3.05) is 17.7 Å². The van der Waals surface area contributed by atoms with E-state index in [4.69, 9.17) is 5.73 Å². The number of anilines is 1. The molecule has 0 amide bonds. The smallest absolute Gasteiger partial charge is 0.202 e. The zero-order chi connectivity index (χ0) is 12.3. The molecule has 2 aromatic rings. The van der Waals surface area contributed by atoms with Crippen molar-refractivity contribution in [1.29, 1.82) is 0 Å². The van der Waals surface area contributed by atoms with Crippen LogP contribution in [0.3, 0.4) is 0 Å². The molecule has 2 N–H and O–H groups in total. The van der Waals surface area contributed by atoms with Crippen LogP contribution in [0.5, 0.6) is 0 Å². The van der Waals surface area contributed by atoms with Gasteiger partial charge in [-0.2, -0.15) is 11.8 Å². The van der Waals surface area contributed by atoms with Crippen molar-refractivity contribution in [3.8, 4) is 0 Å². The number of imidazole rings is 1. The number of aryl methyl sites for hydroxylation is 2. The molecule has 0 spiro atoms. The number of nitrogen functional groups attached to an aromatic ring is 1. The summed E-state index contributed by atoms with van der Waals surface area (Å²) < 4.78 is 2.02. The normalized spacial score (nSPS) is 11.2. The minimum absolute atomic E-state index is 0.572. The summed E-state index contributed by atoms with van der Waals surface area (Å²) in [6.45, 7) is 2.89. The number of aromatic nitrogens is 3. The first kappa shape index (κ1) is 12.2. The van der Waals surface area contributed by atoms with Gasteiger partial charge in [0, 0.05) is 12.2 Å². The van der Waals surface area contributed by atoms with E-state index in [1.165, 1.54) is 12.2 Å². The van der Waals surface area contributed by atoms with Gasteiger partial charge < -0.3 is 5.73 Å². The lowest BCUT2D eigenvalue weighted by atomic mass is 10.3. The number of unbranched alkanes of at least 4 members (excludes halogenated alkanes) is 1. The lowest BCUT2D eigenvalue weighted by molar-refractivity contribution is 0.652. The summed E-state index contributed by atoms with van der Waals surface area (Å²) in [6.07, 6.45) is 4.45. The van der Waals surface area contributed by atoms with Crippen LogP contribution in [0.25, 0.3) is 11.2 Å². The van der Waals surface area contributed by atoms with E-state index in [0.717, 1.165) is 29.8 Å². The number of thioether (sulfide) groups is 1. The van der Waals surface area contributed by atoms with Crippen LogP contribution in [-0.2, 0) is 6.54 Å². The zero-order valence-electron chi connectivity index (χ0n) is 10.3. The van der Waals surface area contributed by atoms with Gasteiger partial charge in [-0.1, -0.05) is 0 Å². The number of fused-ring (bicyclic) bond motifs is 1. The van der Waals surface area contributed by atoms with Gasteiger partial charge in [0.1, 0.15) is 5.52 Å². The van der Waals surface area contributed by atoms with Gasteiger partial charge in [-0.3, -0.25) is 4.57 Å². The third-order valence-electron chi connectivity index (χ3n) is 2.74. The standard InChI is InChI=1S/C12H18N4S/c1-9-5-6-10-11(14-9)16(12(13)15-10)7-3-4-8-17-2/h5-6H,3-4,7-8H2,1-2H3,(H2,13,15). The molecule has 5 heteroatoms. The molecule has 0 fully saturated rings. The van der Waals surface area contributed by atoms with Gasteiger partial charge in [-0.25, -0.2) is 9.97 Å². The number of nitrogens with zero attached hydrogens (tertiary/aromatic N) is 3. The molecule has 0 aliphatic rings. The second kappa shape index (κ2) is 5.40. The number of nitrogens with two attached hydrogens (primary N) is 1.